The fourth-order valence-electron chi connectivity index (χ4n) is 1.30. The molecule has 2 aromatic rings. The van der Waals surface area contributed by atoms with Crippen LogP contribution in [0.2, 0.25) is 0 Å². The van der Waals surface area contributed by atoms with E-state index in [4.69, 9.17) is 4.74 Å². The van der Waals surface area contributed by atoms with E-state index < -0.39 is 6.09 Å². The molecular formula is C12H12N3O2. The van der Waals surface area contributed by atoms with Crippen LogP contribution in [0, 0.1) is 6.20 Å². The van der Waals surface area contributed by atoms with Crippen LogP contribution in [0.15, 0.2) is 36.4 Å². The summed E-state index contributed by atoms with van der Waals surface area (Å²) in [5.74, 6) is 0.545. The third-order valence-electron chi connectivity index (χ3n) is 2.20. The van der Waals surface area contributed by atoms with Gasteiger partial charge in [-0.15, -0.1) is 0 Å². The second kappa shape index (κ2) is 5.16. The molecule has 17 heavy (non-hydrogen) atoms. The molecule has 5 nitrogen and oxygen atoms in total. The van der Waals surface area contributed by atoms with Crippen molar-refractivity contribution in [2.75, 3.05) is 5.32 Å². The van der Waals surface area contributed by atoms with E-state index in [0.29, 0.717) is 5.82 Å². The number of carbonyl (C=O) groups is 1. The summed E-state index contributed by atoms with van der Waals surface area (Å²) in [6.45, 7) is 0.244. The van der Waals surface area contributed by atoms with Gasteiger partial charge >= 0.3 is 6.09 Å². The van der Waals surface area contributed by atoms with Crippen LogP contribution in [0.5, 0.6) is 0 Å². The Morgan fingerprint density at radius 3 is 2.88 bits per heavy atom. The smallest absolute Gasteiger partial charge is 0.413 e. The lowest BCUT2D eigenvalue weighted by Gasteiger charge is -2.06. The van der Waals surface area contributed by atoms with Crippen molar-refractivity contribution in [1.82, 2.24) is 9.78 Å². The average molecular weight is 230 g/mol. The molecule has 0 bridgehead atoms. The quantitative estimate of drug-likeness (QED) is 0.877. The first-order valence-corrected chi connectivity index (χ1v) is 5.13. The summed E-state index contributed by atoms with van der Waals surface area (Å²) in [6, 6.07) is 11.1. The van der Waals surface area contributed by atoms with Gasteiger partial charge in [0.05, 0.1) is 0 Å². The van der Waals surface area contributed by atoms with Crippen molar-refractivity contribution in [1.29, 1.82) is 0 Å². The largest absolute Gasteiger partial charge is 0.444 e. The number of aryl methyl sites for hydroxylation is 1. The summed E-state index contributed by atoms with van der Waals surface area (Å²) in [5, 5.41) is 6.38. The van der Waals surface area contributed by atoms with Gasteiger partial charge in [0.15, 0.2) is 0 Å². The van der Waals surface area contributed by atoms with Gasteiger partial charge in [0.25, 0.3) is 0 Å². The van der Waals surface area contributed by atoms with E-state index in [9.17, 15) is 4.79 Å². The van der Waals surface area contributed by atoms with E-state index in [1.807, 2.05) is 30.3 Å². The van der Waals surface area contributed by atoms with Crippen LogP contribution in [-0.2, 0) is 18.4 Å². The third kappa shape index (κ3) is 3.07. The Kier molecular flexibility index (Phi) is 3.40. The molecule has 0 aliphatic heterocycles. The number of benzene rings is 1. The zero-order chi connectivity index (χ0) is 12.1. The van der Waals surface area contributed by atoms with Crippen LogP contribution < -0.4 is 5.32 Å². The Balaban J connectivity index is 1.85. The third-order valence-corrected chi connectivity index (χ3v) is 2.20. The molecule has 0 spiro atoms. The summed E-state index contributed by atoms with van der Waals surface area (Å²) in [6.07, 6.45) is 2.11. The zero-order valence-electron chi connectivity index (χ0n) is 9.38. The number of nitrogens with zero attached hydrogens (tertiary/aromatic N) is 2. The first kappa shape index (κ1) is 11.2. The summed E-state index contributed by atoms with van der Waals surface area (Å²) < 4.78 is 6.56. The first-order valence-electron chi connectivity index (χ1n) is 5.13. The first-order chi connectivity index (χ1) is 8.25. The van der Waals surface area contributed by atoms with Gasteiger partial charge in [-0.2, -0.15) is 5.10 Å². The van der Waals surface area contributed by atoms with E-state index >= 15 is 0 Å². The van der Waals surface area contributed by atoms with Crippen LogP contribution in [0.1, 0.15) is 5.56 Å². The van der Waals surface area contributed by atoms with Crippen LogP contribution in [0.3, 0.4) is 0 Å². The van der Waals surface area contributed by atoms with E-state index in [1.165, 1.54) is 4.68 Å². The second-order valence-electron chi connectivity index (χ2n) is 3.47. The second-order valence-corrected chi connectivity index (χ2v) is 3.47. The molecule has 87 valence electrons. The molecule has 5 heteroatoms. The Hall–Kier alpha value is -2.30. The number of amides is 1. The maximum absolute atomic E-state index is 11.4. The van der Waals surface area contributed by atoms with E-state index in [1.54, 1.807) is 13.1 Å². The van der Waals surface area contributed by atoms with Crippen molar-refractivity contribution in [2.45, 2.75) is 6.61 Å². The van der Waals surface area contributed by atoms with E-state index in [2.05, 4.69) is 16.6 Å². The van der Waals surface area contributed by atoms with Gasteiger partial charge in [0.1, 0.15) is 18.6 Å². The Morgan fingerprint density at radius 2 is 2.24 bits per heavy atom. The normalized spacial score (nSPS) is 9.94. The highest BCUT2D eigenvalue weighted by atomic mass is 16.5. The van der Waals surface area contributed by atoms with Gasteiger partial charge in [-0.25, -0.2) is 4.79 Å². The highest BCUT2D eigenvalue weighted by Gasteiger charge is 2.06. The van der Waals surface area contributed by atoms with Crippen LogP contribution in [0.25, 0.3) is 0 Å². The minimum atomic E-state index is -0.508. The molecular weight excluding hydrogens is 218 g/mol. The molecule has 0 saturated carbocycles. The van der Waals surface area contributed by atoms with E-state index in [0.717, 1.165) is 5.56 Å². The lowest BCUT2D eigenvalue weighted by Crippen LogP contribution is -2.15. The fourth-order valence-corrected chi connectivity index (χ4v) is 1.30. The minimum Gasteiger partial charge on any atom is -0.444 e. The topological polar surface area (TPSA) is 56.2 Å². The molecule has 0 fully saturated rings. The number of ether oxygens (including phenoxy) is 1. The van der Waals surface area contributed by atoms with Crippen molar-refractivity contribution in [2.24, 2.45) is 7.05 Å². The minimum absolute atomic E-state index is 0.244. The molecule has 1 radical (unpaired) electrons. The molecule has 0 aliphatic rings. The molecule has 1 aromatic carbocycles. The van der Waals surface area contributed by atoms with Crippen LogP contribution in [0.4, 0.5) is 10.6 Å². The molecule has 0 aliphatic carbocycles. The number of anilines is 1. The fraction of sp³-hybridized carbons (Fsp3) is 0.167. The number of carbonyl (C=O) groups excluding carboxylic acids is 1. The van der Waals surface area contributed by atoms with Gasteiger partial charge < -0.3 is 4.74 Å². The number of nitrogens with one attached hydrogen (secondary N) is 1. The predicted octanol–water partition coefficient (Wildman–Crippen LogP) is 1.97. The van der Waals surface area contributed by atoms with Gasteiger partial charge in [0.2, 0.25) is 0 Å². The van der Waals surface area contributed by atoms with Crippen molar-refractivity contribution >= 4 is 11.9 Å². The zero-order valence-corrected chi connectivity index (χ0v) is 9.38. The molecule has 1 N–H and O–H groups in total. The average Bonchev–Trinajstić information content (AvgIpc) is 2.74. The van der Waals surface area contributed by atoms with Gasteiger partial charge in [-0.3, -0.25) is 10.00 Å². The summed E-state index contributed by atoms with van der Waals surface area (Å²) in [4.78, 5) is 11.4. The lowest BCUT2D eigenvalue weighted by atomic mass is 10.2. The highest BCUT2D eigenvalue weighted by Crippen LogP contribution is 2.05. The number of hydrogen-bond acceptors (Lipinski definition) is 3. The predicted molar refractivity (Wildman–Crippen MR) is 62.3 cm³/mol. The molecule has 2 rings (SSSR count). The number of rotatable bonds is 3. The Labute approximate surface area is 99.0 Å². The number of hydrogen-bond donors (Lipinski definition) is 1. The molecule has 1 amide bonds. The standard InChI is InChI=1S/C12H12N3O2/c1-15-11(7-8-13-15)14-12(16)17-9-10-5-3-2-4-6-10/h2-7H,9H2,1H3,(H,14,16). The van der Waals surface area contributed by atoms with Crippen LogP contribution >= 0.6 is 0 Å². The van der Waals surface area contributed by atoms with Gasteiger partial charge in [0, 0.05) is 13.1 Å². The van der Waals surface area contributed by atoms with Crippen molar-refractivity contribution < 1.29 is 9.53 Å². The lowest BCUT2D eigenvalue weighted by molar-refractivity contribution is 0.155. The molecule has 0 saturated heterocycles. The summed E-state index contributed by atoms with van der Waals surface area (Å²) in [7, 11) is 1.71. The Bertz CT molecular complexity index is 493. The SMILES string of the molecule is Cn1n[c]cc1NC(=O)OCc1ccccc1. The summed E-state index contributed by atoms with van der Waals surface area (Å²) in [5.41, 5.74) is 0.944. The van der Waals surface area contributed by atoms with Crippen molar-refractivity contribution in [3.05, 3.63) is 48.2 Å². The maximum atomic E-state index is 11.4. The van der Waals surface area contributed by atoms with Crippen molar-refractivity contribution in [3.8, 4) is 0 Å². The maximum Gasteiger partial charge on any atom is 0.413 e. The highest BCUT2D eigenvalue weighted by molar-refractivity contribution is 5.83. The monoisotopic (exact) mass is 230 g/mol. The van der Waals surface area contributed by atoms with E-state index in [-0.39, 0.29) is 6.61 Å². The van der Waals surface area contributed by atoms with Crippen molar-refractivity contribution in [3.63, 3.8) is 0 Å². The number of aromatic nitrogens is 2. The summed E-state index contributed by atoms with van der Waals surface area (Å²) >= 11 is 0. The Morgan fingerprint density at radius 1 is 1.47 bits per heavy atom. The molecule has 1 aromatic heterocycles. The van der Waals surface area contributed by atoms with Crippen LogP contribution in [-0.4, -0.2) is 15.9 Å². The molecule has 0 atom stereocenters. The van der Waals surface area contributed by atoms with Gasteiger partial charge in [-0.05, 0) is 5.56 Å². The molecule has 1 heterocycles. The molecule has 0 unspecified atom stereocenters. The van der Waals surface area contributed by atoms with Gasteiger partial charge in [-0.1, -0.05) is 30.3 Å².